The standard InChI is InChI=1S/C18H23N3O2/c22-17-11-20-10-14-8-15(6-7-16(14)17)21-18(23)12-19-9-13-4-2-1-3-5-13/h6-8,10,13,19H,1-5,9,11-12H2,(H,21,23). The summed E-state index contributed by atoms with van der Waals surface area (Å²) in [6.07, 6.45) is 8.20. The number of Topliss-reactive ketones (excluding diaryl/α,β-unsaturated/α-hetero) is 1. The highest BCUT2D eigenvalue weighted by atomic mass is 16.2. The number of carbonyl (C=O) groups excluding carboxylic acids is 2. The maximum absolute atomic E-state index is 12.0. The van der Waals surface area contributed by atoms with Gasteiger partial charge in [-0.3, -0.25) is 14.6 Å². The Morgan fingerprint density at radius 3 is 2.87 bits per heavy atom. The van der Waals surface area contributed by atoms with Gasteiger partial charge in [-0.05, 0) is 43.5 Å². The number of amides is 1. The third-order valence-electron chi connectivity index (χ3n) is 4.54. The molecule has 23 heavy (non-hydrogen) atoms. The maximum Gasteiger partial charge on any atom is 0.238 e. The second kappa shape index (κ2) is 7.51. The van der Waals surface area contributed by atoms with Crippen LogP contribution in [0, 0.1) is 5.92 Å². The number of ketones is 1. The molecule has 0 atom stereocenters. The summed E-state index contributed by atoms with van der Waals surface area (Å²) >= 11 is 0. The lowest BCUT2D eigenvalue weighted by molar-refractivity contribution is -0.115. The number of hydrogen-bond donors (Lipinski definition) is 2. The lowest BCUT2D eigenvalue weighted by Crippen LogP contribution is -2.32. The van der Waals surface area contributed by atoms with Crippen LogP contribution in [-0.4, -0.2) is 37.5 Å². The molecular weight excluding hydrogens is 290 g/mol. The van der Waals surface area contributed by atoms with Gasteiger partial charge in [0, 0.05) is 23.0 Å². The highest BCUT2D eigenvalue weighted by molar-refractivity contribution is 6.08. The fourth-order valence-corrected chi connectivity index (χ4v) is 3.30. The van der Waals surface area contributed by atoms with Crippen molar-refractivity contribution in [3.8, 4) is 0 Å². The number of hydrogen-bond acceptors (Lipinski definition) is 4. The van der Waals surface area contributed by atoms with Crippen molar-refractivity contribution in [3.05, 3.63) is 29.3 Å². The van der Waals surface area contributed by atoms with E-state index >= 15 is 0 Å². The van der Waals surface area contributed by atoms with Gasteiger partial charge in [0.15, 0.2) is 5.78 Å². The minimum atomic E-state index is -0.0557. The van der Waals surface area contributed by atoms with Gasteiger partial charge >= 0.3 is 0 Å². The quantitative estimate of drug-likeness (QED) is 0.877. The fraction of sp³-hybridized carbons (Fsp3) is 0.500. The van der Waals surface area contributed by atoms with Gasteiger partial charge in [-0.2, -0.15) is 0 Å². The Bertz CT molecular complexity index is 619. The second-order valence-electron chi connectivity index (χ2n) is 6.38. The summed E-state index contributed by atoms with van der Waals surface area (Å²) in [4.78, 5) is 27.7. The van der Waals surface area contributed by atoms with Crippen LogP contribution in [-0.2, 0) is 4.79 Å². The van der Waals surface area contributed by atoms with Gasteiger partial charge in [0.05, 0.1) is 6.54 Å². The van der Waals surface area contributed by atoms with Crippen LogP contribution in [0.25, 0.3) is 0 Å². The first-order valence-corrected chi connectivity index (χ1v) is 8.40. The Morgan fingerprint density at radius 1 is 1.22 bits per heavy atom. The average Bonchev–Trinajstić information content (AvgIpc) is 2.56. The van der Waals surface area contributed by atoms with Crippen LogP contribution in [0.15, 0.2) is 23.2 Å². The molecule has 0 bridgehead atoms. The first-order chi connectivity index (χ1) is 11.2. The fourth-order valence-electron chi connectivity index (χ4n) is 3.30. The number of nitrogens with zero attached hydrogens (tertiary/aromatic N) is 1. The summed E-state index contributed by atoms with van der Waals surface area (Å²) in [5.74, 6) is 0.678. The summed E-state index contributed by atoms with van der Waals surface area (Å²) in [7, 11) is 0. The molecule has 1 saturated carbocycles. The molecule has 1 amide bonds. The second-order valence-corrected chi connectivity index (χ2v) is 6.38. The predicted octanol–water partition coefficient (Wildman–Crippen LogP) is 2.41. The highest BCUT2D eigenvalue weighted by Gasteiger charge is 2.15. The molecule has 5 heteroatoms. The van der Waals surface area contributed by atoms with E-state index in [4.69, 9.17) is 0 Å². The number of benzene rings is 1. The minimum absolute atomic E-state index is 0.0227. The van der Waals surface area contributed by atoms with E-state index in [9.17, 15) is 9.59 Å². The zero-order valence-corrected chi connectivity index (χ0v) is 13.3. The molecule has 1 fully saturated rings. The SMILES string of the molecule is O=C(CNCC1CCCCC1)Nc1ccc2c(c1)C=NCC2=O. The molecule has 0 saturated heterocycles. The first-order valence-electron chi connectivity index (χ1n) is 8.40. The van der Waals surface area contributed by atoms with E-state index in [1.54, 1.807) is 24.4 Å². The molecule has 1 aliphatic carbocycles. The Labute approximate surface area is 136 Å². The zero-order chi connectivity index (χ0) is 16.1. The summed E-state index contributed by atoms with van der Waals surface area (Å²) in [6.45, 7) is 1.45. The van der Waals surface area contributed by atoms with Gasteiger partial charge < -0.3 is 10.6 Å². The molecule has 2 N–H and O–H groups in total. The monoisotopic (exact) mass is 313 g/mol. The van der Waals surface area contributed by atoms with Gasteiger partial charge in [-0.15, -0.1) is 0 Å². The average molecular weight is 313 g/mol. The Balaban J connectivity index is 1.48. The lowest BCUT2D eigenvalue weighted by atomic mass is 9.89. The van der Waals surface area contributed by atoms with Crippen molar-refractivity contribution in [3.63, 3.8) is 0 Å². The molecule has 1 aromatic rings. The van der Waals surface area contributed by atoms with E-state index in [-0.39, 0.29) is 18.2 Å². The van der Waals surface area contributed by atoms with Gasteiger partial charge in [-0.1, -0.05) is 19.3 Å². The molecule has 122 valence electrons. The van der Waals surface area contributed by atoms with E-state index in [0.29, 0.717) is 23.7 Å². The third kappa shape index (κ3) is 4.26. The van der Waals surface area contributed by atoms with Crippen LogP contribution in [0.1, 0.15) is 48.0 Å². The topological polar surface area (TPSA) is 70.6 Å². The molecule has 5 nitrogen and oxygen atoms in total. The number of anilines is 1. The molecule has 1 aromatic carbocycles. The molecule has 3 rings (SSSR count). The Morgan fingerprint density at radius 2 is 2.04 bits per heavy atom. The van der Waals surface area contributed by atoms with Gasteiger partial charge in [0.1, 0.15) is 6.54 Å². The maximum atomic E-state index is 12.0. The molecular formula is C18H23N3O2. The Hall–Kier alpha value is -2.01. The number of aliphatic imine (C=N–C) groups is 1. The molecule has 0 unspecified atom stereocenters. The molecule has 0 spiro atoms. The number of rotatable bonds is 5. The third-order valence-corrected chi connectivity index (χ3v) is 4.54. The predicted molar refractivity (Wildman–Crippen MR) is 91.3 cm³/mol. The van der Waals surface area contributed by atoms with Crippen molar-refractivity contribution in [1.29, 1.82) is 0 Å². The summed E-state index contributed by atoms with van der Waals surface area (Å²) in [5.41, 5.74) is 2.15. The van der Waals surface area contributed by atoms with Gasteiger partial charge in [0.25, 0.3) is 0 Å². The van der Waals surface area contributed by atoms with Crippen molar-refractivity contribution in [2.45, 2.75) is 32.1 Å². The van der Waals surface area contributed by atoms with Crippen molar-refractivity contribution in [2.75, 3.05) is 25.0 Å². The lowest BCUT2D eigenvalue weighted by Gasteiger charge is -2.21. The number of carbonyl (C=O) groups is 2. The van der Waals surface area contributed by atoms with E-state index < -0.39 is 0 Å². The Kier molecular flexibility index (Phi) is 5.18. The van der Waals surface area contributed by atoms with Crippen LogP contribution in [0.4, 0.5) is 5.69 Å². The molecule has 1 aliphatic heterocycles. The smallest absolute Gasteiger partial charge is 0.238 e. The van der Waals surface area contributed by atoms with E-state index in [1.165, 1.54) is 32.1 Å². The molecule has 2 aliphatic rings. The van der Waals surface area contributed by atoms with Crippen LogP contribution >= 0.6 is 0 Å². The van der Waals surface area contributed by atoms with Crippen molar-refractivity contribution < 1.29 is 9.59 Å². The summed E-state index contributed by atoms with van der Waals surface area (Å²) < 4.78 is 0. The van der Waals surface area contributed by atoms with Crippen LogP contribution in [0.5, 0.6) is 0 Å². The molecule has 0 radical (unpaired) electrons. The normalized spacial score (nSPS) is 17.8. The van der Waals surface area contributed by atoms with Crippen LogP contribution in [0.2, 0.25) is 0 Å². The highest BCUT2D eigenvalue weighted by Crippen LogP contribution is 2.22. The van der Waals surface area contributed by atoms with Crippen molar-refractivity contribution >= 4 is 23.6 Å². The number of nitrogens with one attached hydrogen (secondary N) is 2. The van der Waals surface area contributed by atoms with Gasteiger partial charge in [0.2, 0.25) is 5.91 Å². The van der Waals surface area contributed by atoms with Crippen LogP contribution < -0.4 is 10.6 Å². The number of fused-ring (bicyclic) bond motifs is 1. The minimum Gasteiger partial charge on any atom is -0.325 e. The van der Waals surface area contributed by atoms with Crippen molar-refractivity contribution in [1.82, 2.24) is 5.32 Å². The van der Waals surface area contributed by atoms with E-state index in [0.717, 1.165) is 12.1 Å². The van der Waals surface area contributed by atoms with Gasteiger partial charge in [-0.25, -0.2) is 0 Å². The largest absolute Gasteiger partial charge is 0.325 e. The van der Waals surface area contributed by atoms with E-state index in [1.807, 2.05) is 0 Å². The first kappa shape index (κ1) is 15.9. The van der Waals surface area contributed by atoms with Crippen molar-refractivity contribution in [2.24, 2.45) is 10.9 Å². The summed E-state index contributed by atoms with van der Waals surface area (Å²) in [5, 5.41) is 6.12. The zero-order valence-electron chi connectivity index (χ0n) is 13.3. The van der Waals surface area contributed by atoms with Crippen LogP contribution in [0.3, 0.4) is 0 Å². The summed E-state index contributed by atoms with van der Waals surface area (Å²) in [6, 6.07) is 5.33. The molecule has 1 heterocycles. The van der Waals surface area contributed by atoms with E-state index in [2.05, 4.69) is 15.6 Å². The molecule has 0 aromatic heterocycles.